The van der Waals surface area contributed by atoms with Gasteiger partial charge in [0.1, 0.15) is 0 Å². The molecule has 1 aromatic rings. The molecule has 0 bridgehead atoms. The summed E-state index contributed by atoms with van der Waals surface area (Å²) in [6.45, 7) is 2.21. The molecule has 0 radical (unpaired) electrons. The second-order valence-corrected chi connectivity index (χ2v) is 4.71. The summed E-state index contributed by atoms with van der Waals surface area (Å²) in [6, 6.07) is 0.465. The van der Waals surface area contributed by atoms with Crippen LogP contribution in [-0.4, -0.2) is 60.1 Å². The molecule has 1 saturated heterocycles. The van der Waals surface area contributed by atoms with Crippen molar-refractivity contribution >= 4 is 17.8 Å². The number of aromatic nitrogens is 3. The van der Waals surface area contributed by atoms with Crippen LogP contribution in [0.25, 0.3) is 0 Å². The number of nitrogen functional groups attached to an aromatic ring is 1. The normalized spacial score (nSPS) is 17.7. The molecule has 0 spiro atoms. The van der Waals surface area contributed by atoms with Crippen LogP contribution < -0.4 is 16.0 Å². The fourth-order valence-electron chi connectivity index (χ4n) is 2.20. The Morgan fingerprint density at radius 1 is 1.28 bits per heavy atom. The Hall–Kier alpha value is -1.63. The van der Waals surface area contributed by atoms with Gasteiger partial charge in [0.05, 0.1) is 0 Å². The van der Waals surface area contributed by atoms with E-state index >= 15 is 0 Å². The first kappa shape index (κ1) is 12.8. The molecule has 1 aromatic heterocycles. The topological polar surface area (TPSA) is 83.2 Å². The van der Waals surface area contributed by atoms with E-state index < -0.39 is 0 Å². The van der Waals surface area contributed by atoms with Gasteiger partial charge in [0.2, 0.25) is 17.8 Å². The maximum atomic E-state index is 5.69. The lowest BCUT2D eigenvalue weighted by Gasteiger charge is -2.35. The summed E-state index contributed by atoms with van der Waals surface area (Å²) in [5.41, 5.74) is 5.69. The molecular weight excluding hydrogens is 230 g/mol. The van der Waals surface area contributed by atoms with E-state index in [9.17, 15) is 0 Å². The summed E-state index contributed by atoms with van der Waals surface area (Å²) < 4.78 is 0. The Kier molecular flexibility index (Phi) is 3.81. The monoisotopic (exact) mass is 251 g/mol. The van der Waals surface area contributed by atoms with Gasteiger partial charge in [-0.05, 0) is 33.0 Å². The van der Waals surface area contributed by atoms with Crippen LogP contribution in [0.4, 0.5) is 17.8 Å². The molecule has 0 aromatic carbocycles. The number of piperidine rings is 1. The zero-order valence-electron chi connectivity index (χ0n) is 11.2. The Balaban J connectivity index is 2.12. The smallest absolute Gasteiger partial charge is 0.231 e. The van der Waals surface area contributed by atoms with Crippen molar-refractivity contribution in [3.05, 3.63) is 0 Å². The highest BCUT2D eigenvalue weighted by molar-refractivity contribution is 5.41. The predicted octanol–water partition coefficient (Wildman–Crippen LogP) is 0.0259. The molecule has 7 nitrogen and oxygen atoms in total. The Bertz CT molecular complexity index is 400. The van der Waals surface area contributed by atoms with Gasteiger partial charge in [0.25, 0.3) is 0 Å². The summed E-state index contributed by atoms with van der Waals surface area (Å²) in [6.07, 6.45) is 2.24. The Morgan fingerprint density at radius 3 is 2.56 bits per heavy atom. The van der Waals surface area contributed by atoms with E-state index in [0.717, 1.165) is 25.9 Å². The minimum Gasteiger partial charge on any atom is -0.368 e. The van der Waals surface area contributed by atoms with Gasteiger partial charge in [0.15, 0.2) is 0 Å². The Labute approximate surface area is 107 Å². The molecule has 18 heavy (non-hydrogen) atoms. The molecule has 1 aliphatic heterocycles. The van der Waals surface area contributed by atoms with Crippen molar-refractivity contribution in [2.45, 2.75) is 18.9 Å². The molecule has 0 aliphatic carbocycles. The van der Waals surface area contributed by atoms with E-state index in [0.29, 0.717) is 17.9 Å². The number of hydrogen-bond donors (Lipinski definition) is 2. The summed E-state index contributed by atoms with van der Waals surface area (Å²) in [5.74, 6) is 1.41. The van der Waals surface area contributed by atoms with Crippen LogP contribution in [0.2, 0.25) is 0 Å². The largest absolute Gasteiger partial charge is 0.368 e. The van der Waals surface area contributed by atoms with Crippen molar-refractivity contribution in [3.63, 3.8) is 0 Å². The van der Waals surface area contributed by atoms with E-state index in [1.54, 1.807) is 7.05 Å². The van der Waals surface area contributed by atoms with Crippen LogP contribution in [0, 0.1) is 0 Å². The average molecular weight is 251 g/mol. The van der Waals surface area contributed by atoms with Gasteiger partial charge >= 0.3 is 0 Å². The summed E-state index contributed by atoms with van der Waals surface area (Å²) >= 11 is 0. The molecule has 2 heterocycles. The first-order valence-electron chi connectivity index (χ1n) is 6.21. The molecular formula is C11H21N7. The third kappa shape index (κ3) is 2.79. The first-order valence-corrected chi connectivity index (χ1v) is 6.21. The fraction of sp³-hybridized carbons (Fsp3) is 0.727. The van der Waals surface area contributed by atoms with Crippen LogP contribution in [0.5, 0.6) is 0 Å². The molecule has 0 atom stereocenters. The van der Waals surface area contributed by atoms with Crippen LogP contribution >= 0.6 is 0 Å². The standard InChI is InChI=1S/C11H21N7/c1-13-10-14-9(12)15-11(16-10)18(3)8-4-6-17(2)7-5-8/h8H,4-7H2,1-3H3,(H3,12,13,14,15,16). The van der Waals surface area contributed by atoms with Gasteiger partial charge in [0, 0.05) is 20.1 Å². The maximum Gasteiger partial charge on any atom is 0.231 e. The predicted molar refractivity (Wildman–Crippen MR) is 72.7 cm³/mol. The molecule has 1 fully saturated rings. The summed E-state index contributed by atoms with van der Waals surface area (Å²) in [7, 11) is 5.94. The van der Waals surface area contributed by atoms with Crippen molar-refractivity contribution in [2.75, 3.05) is 50.2 Å². The summed E-state index contributed by atoms with van der Waals surface area (Å²) in [5, 5.41) is 2.90. The van der Waals surface area contributed by atoms with E-state index in [1.807, 2.05) is 7.05 Å². The highest BCUT2D eigenvalue weighted by atomic mass is 15.3. The molecule has 2 rings (SSSR count). The minimum absolute atomic E-state index is 0.254. The third-order valence-corrected chi connectivity index (χ3v) is 3.42. The van der Waals surface area contributed by atoms with Gasteiger partial charge < -0.3 is 20.9 Å². The van der Waals surface area contributed by atoms with Gasteiger partial charge in [-0.3, -0.25) is 0 Å². The third-order valence-electron chi connectivity index (χ3n) is 3.42. The maximum absolute atomic E-state index is 5.69. The number of nitrogens with zero attached hydrogens (tertiary/aromatic N) is 5. The van der Waals surface area contributed by atoms with Gasteiger partial charge in [-0.15, -0.1) is 0 Å². The minimum atomic E-state index is 0.254. The quantitative estimate of drug-likeness (QED) is 0.784. The van der Waals surface area contributed by atoms with Crippen molar-refractivity contribution in [2.24, 2.45) is 0 Å². The van der Waals surface area contributed by atoms with E-state index in [2.05, 4.69) is 37.1 Å². The van der Waals surface area contributed by atoms with Gasteiger partial charge in [-0.25, -0.2) is 0 Å². The molecule has 100 valence electrons. The number of hydrogen-bond acceptors (Lipinski definition) is 7. The van der Waals surface area contributed by atoms with Crippen molar-refractivity contribution in [3.8, 4) is 0 Å². The highest BCUT2D eigenvalue weighted by Crippen LogP contribution is 2.19. The summed E-state index contributed by atoms with van der Waals surface area (Å²) in [4.78, 5) is 17.0. The zero-order valence-corrected chi connectivity index (χ0v) is 11.2. The highest BCUT2D eigenvalue weighted by Gasteiger charge is 2.22. The fourth-order valence-corrected chi connectivity index (χ4v) is 2.20. The van der Waals surface area contributed by atoms with E-state index in [4.69, 9.17) is 5.73 Å². The van der Waals surface area contributed by atoms with Crippen LogP contribution in [-0.2, 0) is 0 Å². The van der Waals surface area contributed by atoms with Crippen LogP contribution in [0.3, 0.4) is 0 Å². The molecule has 0 amide bonds. The Morgan fingerprint density at radius 2 is 1.94 bits per heavy atom. The number of nitrogens with two attached hydrogens (primary N) is 1. The lowest BCUT2D eigenvalue weighted by molar-refractivity contribution is 0.252. The second kappa shape index (κ2) is 5.34. The van der Waals surface area contributed by atoms with Gasteiger partial charge in [-0.2, -0.15) is 15.0 Å². The number of anilines is 3. The average Bonchev–Trinajstić information content (AvgIpc) is 2.38. The number of rotatable bonds is 3. The van der Waals surface area contributed by atoms with Crippen molar-refractivity contribution < 1.29 is 0 Å². The van der Waals surface area contributed by atoms with Gasteiger partial charge in [-0.1, -0.05) is 0 Å². The van der Waals surface area contributed by atoms with E-state index in [1.165, 1.54) is 0 Å². The molecule has 0 unspecified atom stereocenters. The van der Waals surface area contributed by atoms with Crippen LogP contribution in [0.15, 0.2) is 0 Å². The number of nitrogens with one attached hydrogen (secondary N) is 1. The van der Waals surface area contributed by atoms with Crippen molar-refractivity contribution in [1.29, 1.82) is 0 Å². The first-order chi connectivity index (χ1) is 8.60. The van der Waals surface area contributed by atoms with Crippen LogP contribution in [0.1, 0.15) is 12.8 Å². The molecule has 1 aliphatic rings. The molecule has 7 heteroatoms. The van der Waals surface area contributed by atoms with Crippen molar-refractivity contribution in [1.82, 2.24) is 19.9 Å². The second-order valence-electron chi connectivity index (χ2n) is 4.71. The lowest BCUT2D eigenvalue weighted by atomic mass is 10.0. The van der Waals surface area contributed by atoms with E-state index in [-0.39, 0.29) is 5.95 Å². The molecule has 3 N–H and O–H groups in total. The number of likely N-dealkylation sites (tertiary alicyclic amines) is 1. The zero-order chi connectivity index (χ0) is 13.1. The SMILES string of the molecule is CNc1nc(N)nc(N(C)C2CCN(C)CC2)n1. The lowest BCUT2D eigenvalue weighted by Crippen LogP contribution is -2.42. The molecule has 0 saturated carbocycles.